The first-order valence-electron chi connectivity index (χ1n) is 8.16. The maximum Gasteiger partial charge on any atom is 0.248 e. The molecule has 0 radical (unpaired) electrons. The van der Waals surface area contributed by atoms with Crippen LogP contribution in [0.4, 0.5) is 10.1 Å². The molecule has 2 aromatic rings. The van der Waals surface area contributed by atoms with Crippen LogP contribution in [0.25, 0.3) is 6.08 Å². The molecule has 0 aliphatic heterocycles. The predicted molar refractivity (Wildman–Crippen MR) is 103 cm³/mol. The molecular weight excluding hydrogens is 371 g/mol. The van der Waals surface area contributed by atoms with E-state index in [9.17, 15) is 17.6 Å². The van der Waals surface area contributed by atoms with E-state index in [1.807, 2.05) is 0 Å². The van der Waals surface area contributed by atoms with Gasteiger partial charge in [0.15, 0.2) is 0 Å². The van der Waals surface area contributed by atoms with E-state index in [0.29, 0.717) is 11.3 Å². The third-order valence-corrected chi connectivity index (χ3v) is 5.07. The normalized spacial score (nSPS) is 11.7. The van der Waals surface area contributed by atoms with Crippen LogP contribution in [-0.2, 0) is 14.8 Å². The second kappa shape index (κ2) is 8.79. The summed E-state index contributed by atoms with van der Waals surface area (Å²) in [6, 6.07) is 9.78. The Morgan fingerprint density at radius 3 is 2.56 bits per heavy atom. The second-order valence-electron chi connectivity index (χ2n) is 6.02. The fraction of sp³-hybridized carbons (Fsp3) is 0.211. The average molecular weight is 392 g/mol. The summed E-state index contributed by atoms with van der Waals surface area (Å²) in [6.07, 6.45) is 2.70. The molecule has 8 heteroatoms. The molecule has 0 aliphatic carbocycles. The van der Waals surface area contributed by atoms with Crippen molar-refractivity contribution in [2.24, 2.45) is 0 Å². The summed E-state index contributed by atoms with van der Waals surface area (Å²) in [6.45, 7) is 3.43. The second-order valence-corrected chi connectivity index (χ2v) is 7.70. The molecule has 0 aliphatic rings. The van der Waals surface area contributed by atoms with Gasteiger partial charge in [0.2, 0.25) is 15.9 Å². The number of carbonyl (C=O) groups excluding carboxylic acids is 1. The standard InChI is InChI=1S/C19H21FN2O4S/c1-13(2)22-27(24,25)18-11-14(7-9-17(18)26-3)8-10-19(23)21-16-6-4-5-15(20)12-16/h4-13,22H,1-3H3,(H,21,23). The number of carbonyl (C=O) groups is 1. The summed E-state index contributed by atoms with van der Waals surface area (Å²) in [5, 5.41) is 2.53. The zero-order valence-corrected chi connectivity index (χ0v) is 16.0. The molecule has 0 saturated carbocycles. The zero-order chi connectivity index (χ0) is 20.0. The number of nitrogens with one attached hydrogen (secondary N) is 2. The van der Waals surface area contributed by atoms with Crippen LogP contribution in [0.15, 0.2) is 53.4 Å². The molecule has 0 fully saturated rings. The van der Waals surface area contributed by atoms with Gasteiger partial charge in [-0.25, -0.2) is 17.5 Å². The Balaban J connectivity index is 2.22. The van der Waals surface area contributed by atoms with E-state index in [4.69, 9.17) is 4.74 Å². The number of sulfonamides is 1. The van der Waals surface area contributed by atoms with Crippen molar-refractivity contribution in [1.82, 2.24) is 4.72 Å². The summed E-state index contributed by atoms with van der Waals surface area (Å²) < 4.78 is 45.7. The Labute approximate surface area is 158 Å². The smallest absolute Gasteiger partial charge is 0.248 e. The van der Waals surface area contributed by atoms with Crippen LogP contribution in [0, 0.1) is 5.82 Å². The van der Waals surface area contributed by atoms with Crippen LogP contribution in [0.5, 0.6) is 5.75 Å². The monoisotopic (exact) mass is 392 g/mol. The van der Waals surface area contributed by atoms with Gasteiger partial charge < -0.3 is 10.1 Å². The van der Waals surface area contributed by atoms with Crippen LogP contribution in [-0.4, -0.2) is 27.5 Å². The molecule has 0 spiro atoms. The molecule has 0 saturated heterocycles. The molecule has 6 nitrogen and oxygen atoms in total. The summed E-state index contributed by atoms with van der Waals surface area (Å²) in [4.78, 5) is 11.9. The fourth-order valence-corrected chi connectivity index (χ4v) is 3.76. The molecule has 0 unspecified atom stereocenters. The minimum Gasteiger partial charge on any atom is -0.495 e. The number of hydrogen-bond acceptors (Lipinski definition) is 4. The number of ether oxygens (including phenoxy) is 1. The van der Waals surface area contributed by atoms with Gasteiger partial charge in [0, 0.05) is 17.8 Å². The van der Waals surface area contributed by atoms with E-state index in [-0.39, 0.29) is 16.7 Å². The lowest BCUT2D eigenvalue weighted by molar-refractivity contribution is -0.111. The van der Waals surface area contributed by atoms with Gasteiger partial charge in [-0.15, -0.1) is 0 Å². The summed E-state index contributed by atoms with van der Waals surface area (Å²) in [5.41, 5.74) is 0.818. The first kappa shape index (κ1) is 20.6. The number of rotatable bonds is 7. The number of halogens is 1. The van der Waals surface area contributed by atoms with Crippen LogP contribution in [0.1, 0.15) is 19.4 Å². The maximum atomic E-state index is 13.1. The summed E-state index contributed by atoms with van der Waals surface area (Å²) in [5.74, 6) is -0.731. The van der Waals surface area contributed by atoms with Gasteiger partial charge in [-0.3, -0.25) is 4.79 Å². The topological polar surface area (TPSA) is 84.5 Å². The number of methoxy groups -OCH3 is 1. The highest BCUT2D eigenvalue weighted by molar-refractivity contribution is 7.89. The van der Waals surface area contributed by atoms with Gasteiger partial charge in [0.1, 0.15) is 16.5 Å². The van der Waals surface area contributed by atoms with E-state index in [2.05, 4.69) is 10.0 Å². The molecule has 1 amide bonds. The third-order valence-electron chi connectivity index (χ3n) is 3.39. The third kappa shape index (κ3) is 5.90. The Morgan fingerprint density at radius 2 is 1.93 bits per heavy atom. The number of amides is 1. The highest BCUT2D eigenvalue weighted by Gasteiger charge is 2.20. The van der Waals surface area contributed by atoms with Crippen LogP contribution in [0.3, 0.4) is 0 Å². The van der Waals surface area contributed by atoms with Gasteiger partial charge in [-0.2, -0.15) is 0 Å². The van der Waals surface area contributed by atoms with Gasteiger partial charge >= 0.3 is 0 Å². The lowest BCUT2D eigenvalue weighted by Crippen LogP contribution is -2.30. The highest BCUT2D eigenvalue weighted by atomic mass is 32.2. The molecule has 0 heterocycles. The Hall–Kier alpha value is -2.71. The van der Waals surface area contributed by atoms with Crippen molar-refractivity contribution in [2.45, 2.75) is 24.8 Å². The fourth-order valence-electron chi connectivity index (χ4n) is 2.30. The molecular formula is C19H21FN2O4S. The number of hydrogen-bond donors (Lipinski definition) is 2. The van der Waals surface area contributed by atoms with E-state index in [1.165, 1.54) is 49.6 Å². The average Bonchev–Trinajstić information content (AvgIpc) is 2.58. The Bertz CT molecular complexity index is 956. The van der Waals surface area contributed by atoms with E-state index in [0.717, 1.165) is 0 Å². The summed E-state index contributed by atoms with van der Waals surface area (Å²) in [7, 11) is -2.39. The Kier molecular flexibility index (Phi) is 6.70. The first-order chi connectivity index (χ1) is 12.7. The highest BCUT2D eigenvalue weighted by Crippen LogP contribution is 2.25. The van der Waals surface area contributed by atoms with E-state index >= 15 is 0 Å². The molecule has 0 atom stereocenters. The van der Waals surface area contributed by atoms with Gasteiger partial charge in [0.25, 0.3) is 0 Å². The number of benzene rings is 2. The van der Waals surface area contributed by atoms with Crippen molar-refractivity contribution in [3.63, 3.8) is 0 Å². The predicted octanol–water partition coefficient (Wildman–Crippen LogP) is 3.17. The van der Waals surface area contributed by atoms with Crippen molar-refractivity contribution >= 4 is 27.7 Å². The van der Waals surface area contributed by atoms with Crippen molar-refractivity contribution in [3.8, 4) is 5.75 Å². The van der Waals surface area contributed by atoms with Crippen molar-refractivity contribution in [1.29, 1.82) is 0 Å². The zero-order valence-electron chi connectivity index (χ0n) is 15.2. The molecule has 0 aromatic heterocycles. The molecule has 2 N–H and O–H groups in total. The minimum atomic E-state index is -3.77. The van der Waals surface area contributed by atoms with E-state index < -0.39 is 21.7 Å². The molecule has 2 rings (SSSR count). The van der Waals surface area contributed by atoms with Gasteiger partial charge in [-0.05, 0) is 55.8 Å². The van der Waals surface area contributed by atoms with Crippen LogP contribution >= 0.6 is 0 Å². The van der Waals surface area contributed by atoms with E-state index in [1.54, 1.807) is 26.0 Å². The SMILES string of the molecule is COc1ccc(C=CC(=O)Nc2cccc(F)c2)cc1S(=O)(=O)NC(C)C. The lowest BCUT2D eigenvalue weighted by atomic mass is 10.2. The van der Waals surface area contributed by atoms with Crippen LogP contribution < -0.4 is 14.8 Å². The summed E-state index contributed by atoms with van der Waals surface area (Å²) >= 11 is 0. The molecule has 144 valence electrons. The largest absolute Gasteiger partial charge is 0.495 e. The van der Waals surface area contributed by atoms with Crippen LogP contribution in [0.2, 0.25) is 0 Å². The first-order valence-corrected chi connectivity index (χ1v) is 9.64. The van der Waals surface area contributed by atoms with Gasteiger partial charge in [0.05, 0.1) is 7.11 Å². The maximum absolute atomic E-state index is 13.1. The van der Waals surface area contributed by atoms with Crippen molar-refractivity contribution in [2.75, 3.05) is 12.4 Å². The minimum absolute atomic E-state index is 0.0219. The van der Waals surface area contributed by atoms with Gasteiger partial charge in [-0.1, -0.05) is 12.1 Å². The molecule has 2 aromatic carbocycles. The number of anilines is 1. The van der Waals surface area contributed by atoms with Crippen molar-refractivity contribution < 1.29 is 22.3 Å². The van der Waals surface area contributed by atoms with Crippen molar-refractivity contribution in [3.05, 3.63) is 59.9 Å². The Morgan fingerprint density at radius 1 is 1.19 bits per heavy atom. The molecule has 0 bridgehead atoms. The molecule has 27 heavy (non-hydrogen) atoms. The lowest BCUT2D eigenvalue weighted by Gasteiger charge is -2.13. The quantitative estimate of drug-likeness (QED) is 0.709.